The van der Waals surface area contributed by atoms with E-state index in [0.717, 1.165) is 6.26 Å². The Morgan fingerprint density at radius 1 is 1.38 bits per heavy atom. The largest absolute Gasteiger partial charge is 0.494 e. The van der Waals surface area contributed by atoms with Crippen LogP contribution in [0.25, 0.3) is 11.3 Å². The molecule has 0 radical (unpaired) electrons. The summed E-state index contributed by atoms with van der Waals surface area (Å²) < 4.78 is 33.4. The van der Waals surface area contributed by atoms with Crippen molar-refractivity contribution in [1.29, 1.82) is 0 Å². The summed E-state index contributed by atoms with van der Waals surface area (Å²) in [7, 11) is -2.30. The van der Waals surface area contributed by atoms with Gasteiger partial charge in [0.15, 0.2) is 27.0 Å². The molecule has 9 heteroatoms. The van der Waals surface area contributed by atoms with Crippen LogP contribution in [0.1, 0.15) is 10.5 Å². The highest BCUT2D eigenvalue weighted by Gasteiger charge is 2.21. The van der Waals surface area contributed by atoms with Gasteiger partial charge in [0.25, 0.3) is 0 Å². The Hall–Kier alpha value is -2.06. The number of ether oxygens (including phenoxy) is 1. The fourth-order valence-corrected chi connectivity index (χ4v) is 2.92. The van der Waals surface area contributed by atoms with Crippen LogP contribution in [0.4, 0.5) is 0 Å². The van der Waals surface area contributed by atoms with Gasteiger partial charge in [-0.3, -0.25) is 0 Å². The molecule has 0 aliphatic rings. The van der Waals surface area contributed by atoms with Crippen LogP contribution < -0.4 is 4.74 Å². The first-order valence-corrected chi connectivity index (χ1v) is 7.79. The number of carboxylic acids is 1. The van der Waals surface area contributed by atoms with Crippen LogP contribution >= 0.6 is 11.6 Å². The molecule has 0 saturated heterocycles. The summed E-state index contributed by atoms with van der Waals surface area (Å²) in [6.07, 6.45) is 1.01. The lowest BCUT2D eigenvalue weighted by molar-refractivity contribution is 0.0686. The second-order valence-corrected chi connectivity index (χ2v) is 6.53. The topological polar surface area (TPSA) is 107 Å². The summed E-state index contributed by atoms with van der Waals surface area (Å²) in [6.45, 7) is 0. The molecule has 1 aromatic carbocycles. The molecule has 2 rings (SSSR count). The Bertz CT molecular complexity index is 811. The number of aromatic nitrogens is 1. The third-order valence-electron chi connectivity index (χ3n) is 2.63. The van der Waals surface area contributed by atoms with Crippen molar-refractivity contribution in [2.75, 3.05) is 13.4 Å². The highest BCUT2D eigenvalue weighted by Crippen LogP contribution is 2.37. The van der Waals surface area contributed by atoms with E-state index in [0.29, 0.717) is 0 Å². The molecule has 7 nitrogen and oxygen atoms in total. The Kier molecular flexibility index (Phi) is 3.93. The van der Waals surface area contributed by atoms with Crippen molar-refractivity contribution in [1.82, 2.24) is 5.16 Å². The molecule has 1 aromatic heterocycles. The molecule has 1 N–H and O–H groups in total. The number of nitrogens with zero attached hydrogens (tertiary/aromatic N) is 1. The van der Waals surface area contributed by atoms with E-state index in [-0.39, 0.29) is 32.7 Å². The van der Waals surface area contributed by atoms with E-state index in [9.17, 15) is 13.2 Å². The molecule has 1 heterocycles. The van der Waals surface area contributed by atoms with Crippen LogP contribution in [0, 0.1) is 0 Å². The van der Waals surface area contributed by atoms with Gasteiger partial charge in [-0.2, -0.15) is 0 Å². The smallest absolute Gasteiger partial charge is 0.358 e. The molecule has 112 valence electrons. The average Bonchev–Trinajstić information content (AvgIpc) is 2.86. The summed E-state index contributed by atoms with van der Waals surface area (Å²) in [5, 5.41) is 12.2. The van der Waals surface area contributed by atoms with Crippen LogP contribution in [-0.2, 0) is 9.84 Å². The first-order valence-electron chi connectivity index (χ1n) is 5.52. The SMILES string of the molecule is COc1c(Cl)cc(-c2cc(C(=O)O)no2)cc1S(C)(=O)=O. The maximum absolute atomic E-state index is 11.8. The average molecular weight is 332 g/mol. The number of carbonyl (C=O) groups is 1. The Balaban J connectivity index is 2.65. The molecular formula is C12H10ClNO6S. The third kappa shape index (κ3) is 3.01. The molecule has 0 unspecified atom stereocenters. The molecule has 0 spiro atoms. The lowest BCUT2D eigenvalue weighted by atomic mass is 10.1. The van der Waals surface area contributed by atoms with E-state index >= 15 is 0 Å². The second kappa shape index (κ2) is 5.38. The van der Waals surface area contributed by atoms with Crippen molar-refractivity contribution >= 4 is 27.4 Å². The molecule has 0 saturated carbocycles. The van der Waals surface area contributed by atoms with Crippen molar-refractivity contribution in [2.24, 2.45) is 0 Å². The zero-order valence-corrected chi connectivity index (χ0v) is 12.5. The summed E-state index contributed by atoms with van der Waals surface area (Å²) >= 11 is 5.99. The van der Waals surface area contributed by atoms with Gasteiger partial charge in [0.05, 0.1) is 12.1 Å². The Labute approximate surface area is 125 Å². The first kappa shape index (κ1) is 15.3. The number of methoxy groups -OCH3 is 1. The summed E-state index contributed by atoms with van der Waals surface area (Å²) in [5.41, 5.74) is -0.0147. The van der Waals surface area contributed by atoms with E-state index in [2.05, 4.69) is 5.16 Å². The number of benzene rings is 1. The third-order valence-corrected chi connectivity index (χ3v) is 4.01. The van der Waals surface area contributed by atoms with Crippen molar-refractivity contribution in [3.8, 4) is 17.1 Å². The van der Waals surface area contributed by atoms with E-state index < -0.39 is 15.8 Å². The fraction of sp³-hybridized carbons (Fsp3) is 0.167. The van der Waals surface area contributed by atoms with Gasteiger partial charge < -0.3 is 14.4 Å². The zero-order valence-electron chi connectivity index (χ0n) is 11.0. The molecule has 21 heavy (non-hydrogen) atoms. The summed E-state index contributed by atoms with van der Waals surface area (Å²) in [4.78, 5) is 10.7. The predicted molar refractivity (Wildman–Crippen MR) is 73.6 cm³/mol. The fourth-order valence-electron chi connectivity index (χ4n) is 1.70. The lowest BCUT2D eigenvalue weighted by Crippen LogP contribution is -2.01. The number of sulfone groups is 1. The van der Waals surface area contributed by atoms with Crippen molar-refractivity contribution in [3.05, 3.63) is 28.9 Å². The van der Waals surface area contributed by atoms with Crippen LogP contribution in [0.5, 0.6) is 5.75 Å². The summed E-state index contributed by atoms with van der Waals surface area (Å²) in [5.74, 6) is -1.16. The molecular weight excluding hydrogens is 322 g/mol. The number of carboxylic acid groups (broad SMARTS) is 1. The quantitative estimate of drug-likeness (QED) is 0.914. The van der Waals surface area contributed by atoms with Crippen molar-refractivity contribution < 1.29 is 27.6 Å². The van der Waals surface area contributed by atoms with Gasteiger partial charge in [-0.1, -0.05) is 16.8 Å². The van der Waals surface area contributed by atoms with Crippen molar-refractivity contribution in [2.45, 2.75) is 4.90 Å². The molecule has 0 amide bonds. The van der Waals surface area contributed by atoms with E-state index in [1.54, 1.807) is 0 Å². The number of rotatable bonds is 4. The van der Waals surface area contributed by atoms with Gasteiger partial charge in [-0.25, -0.2) is 13.2 Å². The minimum Gasteiger partial charge on any atom is -0.494 e. The summed E-state index contributed by atoms with van der Waals surface area (Å²) in [6, 6.07) is 3.86. The highest BCUT2D eigenvalue weighted by molar-refractivity contribution is 7.90. The maximum Gasteiger partial charge on any atom is 0.358 e. The van der Waals surface area contributed by atoms with Gasteiger partial charge in [-0.05, 0) is 12.1 Å². The van der Waals surface area contributed by atoms with Crippen LogP contribution in [-0.4, -0.2) is 38.0 Å². The van der Waals surface area contributed by atoms with E-state index in [1.807, 2.05) is 0 Å². The van der Waals surface area contributed by atoms with E-state index in [4.69, 9.17) is 26.0 Å². The van der Waals surface area contributed by atoms with Gasteiger partial charge >= 0.3 is 5.97 Å². The number of hydrogen-bond acceptors (Lipinski definition) is 6. The van der Waals surface area contributed by atoms with Gasteiger partial charge in [0, 0.05) is 17.9 Å². The lowest BCUT2D eigenvalue weighted by Gasteiger charge is -2.10. The molecule has 0 aliphatic carbocycles. The van der Waals surface area contributed by atoms with Gasteiger partial charge in [0.2, 0.25) is 0 Å². The predicted octanol–water partition coefficient (Wildman–Crippen LogP) is 2.11. The molecule has 0 atom stereocenters. The minimum absolute atomic E-state index is 0.0147. The standard InChI is InChI=1S/C12H10ClNO6S/c1-19-11-7(13)3-6(4-10(11)21(2,17)18)9-5-8(12(15)16)14-20-9/h3-5H,1-2H3,(H,15,16). The molecule has 0 bridgehead atoms. The molecule has 0 fully saturated rings. The van der Waals surface area contributed by atoms with Crippen LogP contribution in [0.2, 0.25) is 5.02 Å². The number of hydrogen-bond donors (Lipinski definition) is 1. The van der Waals surface area contributed by atoms with E-state index in [1.165, 1.54) is 25.3 Å². The number of halogens is 1. The first-order chi connectivity index (χ1) is 9.74. The monoisotopic (exact) mass is 331 g/mol. The zero-order chi connectivity index (χ0) is 15.8. The molecule has 2 aromatic rings. The van der Waals surface area contributed by atoms with Gasteiger partial charge in [0.1, 0.15) is 4.90 Å². The van der Waals surface area contributed by atoms with Crippen molar-refractivity contribution in [3.63, 3.8) is 0 Å². The van der Waals surface area contributed by atoms with Gasteiger partial charge in [-0.15, -0.1) is 0 Å². The second-order valence-electron chi connectivity index (χ2n) is 4.14. The maximum atomic E-state index is 11.8. The highest BCUT2D eigenvalue weighted by atomic mass is 35.5. The molecule has 0 aliphatic heterocycles. The Morgan fingerprint density at radius 2 is 2.05 bits per heavy atom. The van der Waals surface area contributed by atoms with Crippen LogP contribution in [0.15, 0.2) is 27.6 Å². The number of aromatic carboxylic acids is 1. The normalized spacial score (nSPS) is 11.4. The van der Waals surface area contributed by atoms with Crippen LogP contribution in [0.3, 0.4) is 0 Å². The minimum atomic E-state index is -3.60. The Morgan fingerprint density at radius 3 is 2.52 bits per heavy atom.